The molecule has 7 heteroatoms. The lowest BCUT2D eigenvalue weighted by Crippen LogP contribution is -2.37. The van der Waals surface area contributed by atoms with Gasteiger partial charge in [0.25, 0.3) is 5.91 Å². The molecule has 0 aliphatic rings. The van der Waals surface area contributed by atoms with E-state index in [-0.39, 0.29) is 11.7 Å². The van der Waals surface area contributed by atoms with E-state index >= 15 is 0 Å². The number of hydrogen-bond donors (Lipinski definition) is 1. The Balaban J connectivity index is 2.48. The van der Waals surface area contributed by atoms with Crippen molar-refractivity contribution in [2.24, 2.45) is 5.92 Å². The summed E-state index contributed by atoms with van der Waals surface area (Å²) >= 11 is 0. The standard InChI is InChI=1S/C17H21F2NO4/c1-11(2)10-20-16(22)12(3)23-15(21)9-6-13-4-7-14(8-5-13)24-17(18)19/h4-9,11-12,17H,10H2,1-3H3,(H,20,22)/b9-6+. The van der Waals surface area contributed by atoms with Gasteiger partial charge >= 0.3 is 12.6 Å². The number of hydrogen-bond acceptors (Lipinski definition) is 4. The molecule has 0 aliphatic carbocycles. The van der Waals surface area contributed by atoms with Crippen LogP contribution >= 0.6 is 0 Å². The van der Waals surface area contributed by atoms with Gasteiger partial charge in [-0.1, -0.05) is 26.0 Å². The molecule has 1 aromatic carbocycles. The predicted octanol–water partition coefficient (Wildman–Crippen LogP) is 3.01. The van der Waals surface area contributed by atoms with Crippen LogP contribution in [0.3, 0.4) is 0 Å². The second-order valence-electron chi connectivity index (χ2n) is 5.50. The van der Waals surface area contributed by atoms with E-state index in [0.29, 0.717) is 18.0 Å². The van der Waals surface area contributed by atoms with Crippen molar-refractivity contribution in [1.29, 1.82) is 0 Å². The Morgan fingerprint density at radius 3 is 2.33 bits per heavy atom. The molecule has 5 nitrogen and oxygen atoms in total. The highest BCUT2D eigenvalue weighted by Crippen LogP contribution is 2.15. The quantitative estimate of drug-likeness (QED) is 0.583. The van der Waals surface area contributed by atoms with Gasteiger partial charge in [-0.15, -0.1) is 0 Å². The van der Waals surface area contributed by atoms with Crippen molar-refractivity contribution < 1.29 is 27.8 Å². The number of carbonyl (C=O) groups is 2. The zero-order valence-corrected chi connectivity index (χ0v) is 13.8. The lowest BCUT2D eigenvalue weighted by molar-refractivity contribution is -0.150. The minimum absolute atomic E-state index is 0.0279. The Kier molecular flexibility index (Phi) is 7.88. The maximum absolute atomic E-state index is 12.0. The fourth-order valence-corrected chi connectivity index (χ4v) is 1.64. The fraction of sp³-hybridized carbons (Fsp3) is 0.412. The molecule has 1 amide bonds. The summed E-state index contributed by atoms with van der Waals surface area (Å²) in [5, 5.41) is 2.67. The molecular formula is C17H21F2NO4. The van der Waals surface area contributed by atoms with Gasteiger partial charge in [-0.05, 0) is 36.6 Å². The number of benzene rings is 1. The molecule has 0 saturated heterocycles. The number of carbonyl (C=O) groups excluding carboxylic acids is 2. The molecule has 0 bridgehead atoms. The monoisotopic (exact) mass is 341 g/mol. The van der Waals surface area contributed by atoms with Crippen LogP contribution in [0, 0.1) is 5.92 Å². The molecular weight excluding hydrogens is 320 g/mol. The third kappa shape index (κ3) is 7.71. The number of ether oxygens (including phenoxy) is 2. The number of esters is 1. The number of alkyl halides is 2. The summed E-state index contributed by atoms with van der Waals surface area (Å²) in [5.41, 5.74) is 0.602. The zero-order chi connectivity index (χ0) is 18.1. The van der Waals surface area contributed by atoms with Gasteiger partial charge < -0.3 is 14.8 Å². The van der Waals surface area contributed by atoms with Crippen molar-refractivity contribution in [3.8, 4) is 5.75 Å². The molecule has 0 aromatic heterocycles. The van der Waals surface area contributed by atoms with Crippen LogP contribution < -0.4 is 10.1 Å². The fourth-order valence-electron chi connectivity index (χ4n) is 1.64. The van der Waals surface area contributed by atoms with E-state index in [1.54, 1.807) is 0 Å². The van der Waals surface area contributed by atoms with Gasteiger partial charge in [-0.25, -0.2) is 4.79 Å². The summed E-state index contributed by atoms with van der Waals surface area (Å²) in [6.45, 7) is 3.01. The SMILES string of the molecule is CC(C)CNC(=O)C(C)OC(=O)/C=C/c1ccc(OC(F)F)cc1. The van der Waals surface area contributed by atoms with Crippen LogP contribution in [0.2, 0.25) is 0 Å². The normalized spacial score (nSPS) is 12.5. The second kappa shape index (κ2) is 9.64. The minimum Gasteiger partial charge on any atom is -0.449 e. The van der Waals surface area contributed by atoms with E-state index in [2.05, 4.69) is 10.1 Å². The highest BCUT2D eigenvalue weighted by Gasteiger charge is 2.16. The predicted molar refractivity (Wildman–Crippen MR) is 85.5 cm³/mol. The summed E-state index contributed by atoms with van der Waals surface area (Å²) in [6, 6.07) is 5.75. The first kappa shape index (κ1) is 19.6. The van der Waals surface area contributed by atoms with Crippen LogP contribution in [0.15, 0.2) is 30.3 Å². The van der Waals surface area contributed by atoms with Crippen LogP contribution in [0.4, 0.5) is 8.78 Å². The van der Waals surface area contributed by atoms with Gasteiger partial charge in [-0.3, -0.25) is 4.79 Å². The molecule has 1 aromatic rings. The van der Waals surface area contributed by atoms with Crippen LogP contribution in [-0.4, -0.2) is 31.1 Å². The Morgan fingerprint density at radius 1 is 1.17 bits per heavy atom. The van der Waals surface area contributed by atoms with Gasteiger partial charge in [0.1, 0.15) is 5.75 Å². The first-order valence-electron chi connectivity index (χ1n) is 7.49. The number of rotatable bonds is 8. The summed E-state index contributed by atoms with van der Waals surface area (Å²) in [4.78, 5) is 23.4. The summed E-state index contributed by atoms with van der Waals surface area (Å²) < 4.78 is 33.3. The molecule has 1 unspecified atom stereocenters. The molecule has 0 saturated carbocycles. The third-order valence-corrected chi connectivity index (χ3v) is 2.86. The summed E-state index contributed by atoms with van der Waals surface area (Å²) in [7, 11) is 0. The smallest absolute Gasteiger partial charge is 0.387 e. The van der Waals surface area contributed by atoms with Gasteiger partial charge in [0.15, 0.2) is 6.10 Å². The van der Waals surface area contributed by atoms with Gasteiger partial charge in [0.2, 0.25) is 0 Å². The van der Waals surface area contributed by atoms with Gasteiger partial charge in [0, 0.05) is 12.6 Å². The van der Waals surface area contributed by atoms with Crippen molar-refractivity contribution in [1.82, 2.24) is 5.32 Å². The molecule has 0 radical (unpaired) electrons. The van der Waals surface area contributed by atoms with Crippen molar-refractivity contribution in [2.75, 3.05) is 6.54 Å². The molecule has 132 valence electrons. The summed E-state index contributed by atoms with van der Waals surface area (Å²) in [6.07, 6.45) is 1.71. The highest BCUT2D eigenvalue weighted by atomic mass is 19.3. The molecule has 1 atom stereocenters. The van der Waals surface area contributed by atoms with Crippen LogP contribution in [0.5, 0.6) is 5.75 Å². The van der Waals surface area contributed by atoms with Crippen molar-refractivity contribution in [3.05, 3.63) is 35.9 Å². The molecule has 0 aliphatic heterocycles. The van der Waals surface area contributed by atoms with Crippen LogP contribution in [-0.2, 0) is 14.3 Å². The first-order valence-corrected chi connectivity index (χ1v) is 7.49. The summed E-state index contributed by atoms with van der Waals surface area (Å²) in [5.74, 6) is -0.706. The largest absolute Gasteiger partial charge is 0.449 e. The van der Waals surface area contributed by atoms with Crippen LogP contribution in [0.1, 0.15) is 26.3 Å². The molecule has 24 heavy (non-hydrogen) atoms. The van der Waals surface area contributed by atoms with Crippen LogP contribution in [0.25, 0.3) is 6.08 Å². The van der Waals surface area contributed by atoms with Crippen molar-refractivity contribution >= 4 is 18.0 Å². The minimum atomic E-state index is -2.88. The Bertz CT molecular complexity index is 570. The number of amides is 1. The Hall–Kier alpha value is -2.44. The van der Waals surface area contributed by atoms with E-state index in [9.17, 15) is 18.4 Å². The molecule has 0 spiro atoms. The number of halogens is 2. The lowest BCUT2D eigenvalue weighted by atomic mass is 10.2. The zero-order valence-electron chi connectivity index (χ0n) is 13.8. The average Bonchev–Trinajstić information content (AvgIpc) is 2.51. The maximum Gasteiger partial charge on any atom is 0.387 e. The van der Waals surface area contributed by atoms with Gasteiger partial charge in [0.05, 0.1) is 0 Å². The van der Waals surface area contributed by atoms with Crippen molar-refractivity contribution in [2.45, 2.75) is 33.5 Å². The molecule has 1 N–H and O–H groups in total. The topological polar surface area (TPSA) is 64.6 Å². The third-order valence-electron chi connectivity index (χ3n) is 2.86. The average molecular weight is 341 g/mol. The van der Waals surface area contributed by atoms with E-state index in [1.165, 1.54) is 37.3 Å². The lowest BCUT2D eigenvalue weighted by Gasteiger charge is -2.13. The van der Waals surface area contributed by atoms with E-state index < -0.39 is 18.7 Å². The van der Waals surface area contributed by atoms with Gasteiger partial charge in [-0.2, -0.15) is 8.78 Å². The highest BCUT2D eigenvalue weighted by molar-refractivity contribution is 5.90. The van der Waals surface area contributed by atoms with E-state index in [4.69, 9.17) is 4.74 Å². The second-order valence-corrected chi connectivity index (χ2v) is 5.50. The molecule has 0 heterocycles. The van der Waals surface area contributed by atoms with Crippen molar-refractivity contribution in [3.63, 3.8) is 0 Å². The Labute approximate surface area is 139 Å². The van der Waals surface area contributed by atoms with E-state index in [1.807, 2.05) is 13.8 Å². The molecule has 0 fully saturated rings. The number of nitrogens with one attached hydrogen (secondary N) is 1. The Morgan fingerprint density at radius 2 is 1.79 bits per heavy atom. The molecule has 1 rings (SSSR count). The van der Waals surface area contributed by atoms with E-state index in [0.717, 1.165) is 6.08 Å². The maximum atomic E-state index is 12.0. The first-order chi connectivity index (χ1) is 11.3.